The van der Waals surface area contributed by atoms with E-state index in [0.717, 1.165) is 6.20 Å². The first-order valence-corrected chi connectivity index (χ1v) is 5.30. The molecule has 0 aliphatic heterocycles. The van der Waals surface area contributed by atoms with Crippen LogP contribution in [0, 0.1) is 0 Å². The fourth-order valence-corrected chi connectivity index (χ4v) is 1.46. The fraction of sp³-hybridized carbons (Fsp3) is 0.250. The molecule has 1 aromatic rings. The molecule has 0 unspecified atom stereocenters. The standard InChI is InChI=1S/C12H10F6N2/c1-2-20-10(6-19)7-3-8(11(13,14)15)5-9(4-7)12(16,17)18/h2-6H,19H2,1H3/b10-6-,20-2?. The average molecular weight is 296 g/mol. The third-order valence-corrected chi connectivity index (χ3v) is 2.31. The van der Waals surface area contributed by atoms with E-state index in [1.165, 1.54) is 13.1 Å². The summed E-state index contributed by atoms with van der Waals surface area (Å²) >= 11 is 0. The minimum absolute atomic E-state index is 0.0489. The van der Waals surface area contributed by atoms with Crippen molar-refractivity contribution in [2.24, 2.45) is 10.7 Å². The monoisotopic (exact) mass is 296 g/mol. The molecule has 0 fully saturated rings. The number of hydrogen-bond donors (Lipinski definition) is 1. The molecule has 1 aromatic carbocycles. The molecule has 2 N–H and O–H groups in total. The van der Waals surface area contributed by atoms with Crippen LogP contribution in [0.4, 0.5) is 26.3 Å². The van der Waals surface area contributed by atoms with Gasteiger partial charge in [0, 0.05) is 18.0 Å². The van der Waals surface area contributed by atoms with Crippen LogP contribution in [0.2, 0.25) is 0 Å². The van der Waals surface area contributed by atoms with Gasteiger partial charge in [0.1, 0.15) is 0 Å². The zero-order valence-electron chi connectivity index (χ0n) is 10.2. The third-order valence-electron chi connectivity index (χ3n) is 2.31. The van der Waals surface area contributed by atoms with Crippen molar-refractivity contribution in [1.82, 2.24) is 0 Å². The minimum atomic E-state index is -4.90. The Kier molecular flexibility index (Phi) is 4.46. The number of halogens is 6. The number of rotatable bonds is 2. The predicted octanol–water partition coefficient (Wildman–Crippen LogP) is 4.07. The Bertz CT molecular complexity index is 508. The van der Waals surface area contributed by atoms with Crippen molar-refractivity contribution in [3.05, 3.63) is 41.1 Å². The van der Waals surface area contributed by atoms with E-state index in [4.69, 9.17) is 5.73 Å². The van der Waals surface area contributed by atoms with E-state index in [0.29, 0.717) is 12.1 Å². The summed E-state index contributed by atoms with van der Waals surface area (Å²) in [6.45, 7) is 1.46. The van der Waals surface area contributed by atoms with E-state index < -0.39 is 23.5 Å². The maximum Gasteiger partial charge on any atom is 0.416 e. The van der Waals surface area contributed by atoms with Gasteiger partial charge in [-0.25, -0.2) is 0 Å². The van der Waals surface area contributed by atoms with Gasteiger partial charge < -0.3 is 5.73 Å². The van der Waals surface area contributed by atoms with Crippen LogP contribution in [0.1, 0.15) is 23.6 Å². The van der Waals surface area contributed by atoms with Crippen molar-refractivity contribution in [1.29, 1.82) is 0 Å². The SMILES string of the molecule is CC=N/C(=C\N)c1cc(C(F)(F)F)cc(C(F)(F)F)c1. The van der Waals surface area contributed by atoms with Crippen molar-refractivity contribution in [3.8, 4) is 0 Å². The van der Waals surface area contributed by atoms with Crippen LogP contribution in [0.3, 0.4) is 0 Å². The van der Waals surface area contributed by atoms with E-state index in [2.05, 4.69) is 4.99 Å². The lowest BCUT2D eigenvalue weighted by Gasteiger charge is -2.14. The average Bonchev–Trinajstić information content (AvgIpc) is 2.33. The highest BCUT2D eigenvalue weighted by Crippen LogP contribution is 2.37. The highest BCUT2D eigenvalue weighted by Gasteiger charge is 2.37. The number of hydrogen-bond acceptors (Lipinski definition) is 2. The molecule has 0 bridgehead atoms. The molecule has 0 aliphatic carbocycles. The lowest BCUT2D eigenvalue weighted by Crippen LogP contribution is -2.11. The number of aliphatic imine (C=N–C) groups is 1. The van der Waals surface area contributed by atoms with Crippen molar-refractivity contribution < 1.29 is 26.3 Å². The van der Waals surface area contributed by atoms with Gasteiger partial charge in [0.25, 0.3) is 0 Å². The summed E-state index contributed by atoms with van der Waals surface area (Å²) in [6, 6.07) is 1.19. The van der Waals surface area contributed by atoms with Crippen LogP contribution in [0.25, 0.3) is 5.70 Å². The largest absolute Gasteiger partial charge is 0.416 e. The van der Waals surface area contributed by atoms with Crippen LogP contribution in [0.15, 0.2) is 29.4 Å². The normalized spacial score (nSPS) is 14.1. The lowest BCUT2D eigenvalue weighted by atomic mass is 10.0. The van der Waals surface area contributed by atoms with E-state index in [9.17, 15) is 26.3 Å². The molecular formula is C12H10F6N2. The zero-order valence-corrected chi connectivity index (χ0v) is 10.2. The van der Waals surface area contributed by atoms with Crippen LogP contribution in [-0.4, -0.2) is 6.21 Å². The maximum atomic E-state index is 12.6. The van der Waals surface area contributed by atoms with Gasteiger partial charge in [0.15, 0.2) is 0 Å². The molecule has 8 heteroatoms. The number of alkyl halides is 6. The number of nitrogens with two attached hydrogens (primary N) is 1. The molecular weight excluding hydrogens is 286 g/mol. The molecule has 1 rings (SSSR count). The highest BCUT2D eigenvalue weighted by molar-refractivity contribution is 5.73. The van der Waals surface area contributed by atoms with E-state index in [-0.39, 0.29) is 17.3 Å². The molecule has 0 saturated carbocycles. The molecule has 0 spiro atoms. The molecule has 0 amide bonds. The van der Waals surface area contributed by atoms with E-state index in [1.54, 1.807) is 0 Å². The fourth-order valence-electron chi connectivity index (χ4n) is 1.46. The molecule has 0 atom stereocenters. The molecule has 2 nitrogen and oxygen atoms in total. The first-order valence-electron chi connectivity index (χ1n) is 5.30. The summed E-state index contributed by atoms with van der Waals surface area (Å²) in [7, 11) is 0. The first kappa shape index (κ1) is 16.1. The van der Waals surface area contributed by atoms with Crippen molar-refractivity contribution >= 4 is 11.9 Å². The van der Waals surface area contributed by atoms with Crippen LogP contribution >= 0.6 is 0 Å². The van der Waals surface area contributed by atoms with E-state index in [1.807, 2.05) is 0 Å². The Morgan fingerprint density at radius 1 is 1.00 bits per heavy atom. The summed E-state index contributed by atoms with van der Waals surface area (Å²) < 4.78 is 75.8. The van der Waals surface area contributed by atoms with Gasteiger partial charge in [-0.1, -0.05) is 0 Å². The van der Waals surface area contributed by atoms with Gasteiger partial charge in [-0.15, -0.1) is 0 Å². The van der Waals surface area contributed by atoms with Gasteiger partial charge >= 0.3 is 12.4 Å². The molecule has 110 valence electrons. The summed E-state index contributed by atoms with van der Waals surface area (Å²) in [4.78, 5) is 3.64. The van der Waals surface area contributed by atoms with Crippen LogP contribution < -0.4 is 5.73 Å². The summed E-state index contributed by atoms with van der Waals surface area (Å²) in [5, 5.41) is 0. The molecule has 20 heavy (non-hydrogen) atoms. The molecule has 0 aromatic heterocycles. The van der Waals surface area contributed by atoms with Crippen LogP contribution in [-0.2, 0) is 12.4 Å². The van der Waals surface area contributed by atoms with Gasteiger partial charge in [-0.2, -0.15) is 26.3 Å². The molecule has 0 saturated heterocycles. The third kappa shape index (κ3) is 3.75. The van der Waals surface area contributed by atoms with Crippen LogP contribution in [0.5, 0.6) is 0 Å². The Morgan fingerprint density at radius 3 is 1.75 bits per heavy atom. The van der Waals surface area contributed by atoms with Crippen molar-refractivity contribution in [2.75, 3.05) is 0 Å². The Labute approximate surface area is 110 Å². The Balaban J connectivity index is 3.54. The smallest absolute Gasteiger partial charge is 0.403 e. The zero-order chi connectivity index (χ0) is 15.6. The number of nitrogens with zero attached hydrogens (tertiary/aromatic N) is 1. The Hall–Kier alpha value is -1.99. The predicted molar refractivity (Wildman–Crippen MR) is 62.8 cm³/mol. The number of benzene rings is 1. The summed E-state index contributed by atoms with van der Waals surface area (Å²) in [5.41, 5.74) is 1.82. The minimum Gasteiger partial charge on any atom is -0.403 e. The topological polar surface area (TPSA) is 38.4 Å². The molecule has 0 aliphatic rings. The first-order chi connectivity index (χ1) is 9.09. The second kappa shape index (κ2) is 5.56. The Morgan fingerprint density at radius 2 is 1.45 bits per heavy atom. The second-order valence-electron chi connectivity index (χ2n) is 3.73. The van der Waals surface area contributed by atoms with Crippen molar-refractivity contribution in [2.45, 2.75) is 19.3 Å². The van der Waals surface area contributed by atoms with Gasteiger partial charge in [-0.3, -0.25) is 4.99 Å². The maximum absolute atomic E-state index is 12.6. The lowest BCUT2D eigenvalue weighted by molar-refractivity contribution is -0.143. The van der Waals surface area contributed by atoms with Gasteiger partial charge in [0.2, 0.25) is 0 Å². The summed E-state index contributed by atoms with van der Waals surface area (Å²) in [6.07, 6.45) is -7.74. The van der Waals surface area contributed by atoms with Crippen molar-refractivity contribution in [3.63, 3.8) is 0 Å². The molecule has 0 radical (unpaired) electrons. The summed E-state index contributed by atoms with van der Waals surface area (Å²) in [5.74, 6) is 0. The van der Waals surface area contributed by atoms with Gasteiger partial charge in [0.05, 0.1) is 16.8 Å². The quantitative estimate of drug-likeness (QED) is 0.648. The molecule has 0 heterocycles. The highest BCUT2D eigenvalue weighted by atomic mass is 19.4. The second-order valence-corrected chi connectivity index (χ2v) is 3.73. The van der Waals surface area contributed by atoms with Gasteiger partial charge in [-0.05, 0) is 25.1 Å². The van der Waals surface area contributed by atoms with E-state index >= 15 is 0 Å².